The van der Waals surface area contributed by atoms with Crippen LogP contribution in [0.2, 0.25) is 0 Å². The molecule has 3 heterocycles. The van der Waals surface area contributed by atoms with Crippen molar-refractivity contribution >= 4 is 11.8 Å². The monoisotopic (exact) mass is 298 g/mol. The highest BCUT2D eigenvalue weighted by atomic mass is 32.2. The Hall–Kier alpha value is -2.34. The Balaban J connectivity index is 1.83. The molecule has 3 rings (SSSR count). The van der Waals surface area contributed by atoms with Gasteiger partial charge in [0.05, 0.1) is 12.0 Å². The molecular weight excluding hydrogens is 284 g/mol. The van der Waals surface area contributed by atoms with Crippen LogP contribution in [0.3, 0.4) is 0 Å². The number of aromatic nitrogens is 4. The van der Waals surface area contributed by atoms with E-state index in [1.54, 1.807) is 24.2 Å². The van der Waals surface area contributed by atoms with Crippen LogP contribution in [0.1, 0.15) is 5.69 Å². The minimum absolute atomic E-state index is 0.633. The van der Waals surface area contributed by atoms with Gasteiger partial charge in [0.2, 0.25) is 5.82 Å². The largest absolute Gasteiger partial charge is 0.461 e. The number of hydrogen-bond acceptors (Lipinski definition) is 5. The Morgan fingerprint density at radius 3 is 2.90 bits per heavy atom. The van der Waals surface area contributed by atoms with Crippen LogP contribution in [-0.4, -0.2) is 19.7 Å². The van der Waals surface area contributed by atoms with E-state index in [-0.39, 0.29) is 0 Å². The summed E-state index contributed by atoms with van der Waals surface area (Å²) in [5.41, 5.74) is 1.01. The van der Waals surface area contributed by atoms with Gasteiger partial charge in [-0.3, -0.25) is 9.55 Å². The minimum Gasteiger partial charge on any atom is -0.461 e. The lowest BCUT2D eigenvalue weighted by Gasteiger charge is -2.05. The average molecular weight is 298 g/mol. The summed E-state index contributed by atoms with van der Waals surface area (Å²) in [6, 6.07) is 9.59. The fraction of sp³-hybridized carbons (Fsp3) is 0.133. The molecule has 0 unspecified atom stereocenters. The number of furan rings is 1. The summed E-state index contributed by atoms with van der Waals surface area (Å²) in [4.78, 5) is 4.31. The van der Waals surface area contributed by atoms with Crippen molar-refractivity contribution in [3.63, 3.8) is 0 Å². The van der Waals surface area contributed by atoms with Gasteiger partial charge in [0.15, 0.2) is 10.9 Å². The Morgan fingerprint density at radius 1 is 1.24 bits per heavy atom. The van der Waals surface area contributed by atoms with Crippen LogP contribution in [-0.2, 0) is 12.3 Å². The molecule has 0 aliphatic rings. The molecule has 5 nitrogen and oxygen atoms in total. The van der Waals surface area contributed by atoms with Crippen LogP contribution in [0.15, 0.2) is 65.0 Å². The molecule has 21 heavy (non-hydrogen) atoms. The molecule has 0 bridgehead atoms. The van der Waals surface area contributed by atoms with E-state index in [0.29, 0.717) is 18.1 Å². The van der Waals surface area contributed by atoms with Crippen LogP contribution in [0.4, 0.5) is 0 Å². The van der Waals surface area contributed by atoms with Crippen molar-refractivity contribution in [3.05, 3.63) is 61.1 Å². The molecule has 0 atom stereocenters. The van der Waals surface area contributed by atoms with E-state index < -0.39 is 0 Å². The fourth-order valence-electron chi connectivity index (χ4n) is 1.90. The van der Waals surface area contributed by atoms with Crippen molar-refractivity contribution < 1.29 is 4.42 Å². The summed E-state index contributed by atoms with van der Waals surface area (Å²) in [6.45, 7) is 4.42. The van der Waals surface area contributed by atoms with E-state index in [0.717, 1.165) is 16.6 Å². The molecule has 6 heteroatoms. The van der Waals surface area contributed by atoms with E-state index in [1.165, 1.54) is 0 Å². The smallest absolute Gasteiger partial charge is 0.200 e. The second-order valence-corrected chi connectivity index (χ2v) is 5.24. The van der Waals surface area contributed by atoms with Gasteiger partial charge in [-0.25, -0.2) is 0 Å². The predicted molar refractivity (Wildman–Crippen MR) is 81.7 cm³/mol. The lowest BCUT2D eigenvalue weighted by atomic mass is 10.4. The maximum absolute atomic E-state index is 5.40. The third kappa shape index (κ3) is 3.05. The summed E-state index contributed by atoms with van der Waals surface area (Å²) < 4.78 is 7.39. The lowest BCUT2D eigenvalue weighted by molar-refractivity contribution is 0.569. The van der Waals surface area contributed by atoms with Gasteiger partial charge < -0.3 is 4.42 Å². The van der Waals surface area contributed by atoms with Gasteiger partial charge in [0.1, 0.15) is 0 Å². The second-order valence-electron chi connectivity index (χ2n) is 4.29. The maximum Gasteiger partial charge on any atom is 0.200 e. The molecule has 3 aromatic rings. The number of allylic oxidation sites excluding steroid dienone is 1. The van der Waals surface area contributed by atoms with Crippen molar-refractivity contribution in [1.29, 1.82) is 0 Å². The third-order valence-electron chi connectivity index (χ3n) is 2.85. The van der Waals surface area contributed by atoms with Crippen molar-refractivity contribution in [3.8, 4) is 11.6 Å². The summed E-state index contributed by atoms with van der Waals surface area (Å²) in [5.74, 6) is 2.16. The van der Waals surface area contributed by atoms with E-state index in [9.17, 15) is 0 Å². The zero-order valence-corrected chi connectivity index (χ0v) is 12.2. The molecule has 0 spiro atoms. The van der Waals surface area contributed by atoms with Gasteiger partial charge in [-0.15, -0.1) is 16.8 Å². The first-order valence-electron chi connectivity index (χ1n) is 6.49. The molecule has 0 aliphatic carbocycles. The van der Waals surface area contributed by atoms with Crippen molar-refractivity contribution in [2.24, 2.45) is 0 Å². The number of rotatable bonds is 6. The van der Waals surface area contributed by atoms with Crippen molar-refractivity contribution in [1.82, 2.24) is 19.7 Å². The van der Waals surface area contributed by atoms with Gasteiger partial charge in [-0.1, -0.05) is 23.9 Å². The summed E-state index contributed by atoms with van der Waals surface area (Å²) >= 11 is 1.60. The maximum atomic E-state index is 5.40. The Bertz CT molecular complexity index is 707. The number of pyridine rings is 1. The predicted octanol–water partition coefficient (Wildman–Crippen LogP) is 3.41. The Kier molecular flexibility index (Phi) is 4.16. The zero-order valence-electron chi connectivity index (χ0n) is 11.3. The molecule has 0 N–H and O–H groups in total. The highest BCUT2D eigenvalue weighted by Crippen LogP contribution is 2.26. The number of thioether (sulfide) groups is 1. The molecule has 3 aromatic heterocycles. The highest BCUT2D eigenvalue weighted by Gasteiger charge is 2.15. The van der Waals surface area contributed by atoms with Crippen LogP contribution < -0.4 is 0 Å². The van der Waals surface area contributed by atoms with Crippen LogP contribution in [0.5, 0.6) is 0 Å². The Morgan fingerprint density at radius 2 is 2.19 bits per heavy atom. The van der Waals surface area contributed by atoms with Gasteiger partial charge in [-0.2, -0.15) is 0 Å². The van der Waals surface area contributed by atoms with E-state index >= 15 is 0 Å². The number of nitrogens with zero attached hydrogens (tertiary/aromatic N) is 4. The molecule has 0 fully saturated rings. The quantitative estimate of drug-likeness (QED) is 0.515. The normalized spacial score (nSPS) is 10.7. The SMILES string of the molecule is C=CCn1c(SCc2ccccn2)nnc1-c1ccco1. The topological polar surface area (TPSA) is 56.7 Å². The second kappa shape index (κ2) is 6.41. The number of hydrogen-bond donors (Lipinski definition) is 0. The van der Waals surface area contributed by atoms with Gasteiger partial charge >= 0.3 is 0 Å². The van der Waals surface area contributed by atoms with Crippen LogP contribution >= 0.6 is 11.8 Å². The first-order valence-corrected chi connectivity index (χ1v) is 7.47. The average Bonchev–Trinajstić information content (AvgIpc) is 3.16. The molecule has 0 saturated heterocycles. The van der Waals surface area contributed by atoms with E-state index in [4.69, 9.17) is 4.42 Å². The van der Waals surface area contributed by atoms with Crippen molar-refractivity contribution in [2.75, 3.05) is 0 Å². The van der Waals surface area contributed by atoms with Gasteiger partial charge in [-0.05, 0) is 24.3 Å². The summed E-state index contributed by atoms with van der Waals surface area (Å²) in [7, 11) is 0. The first kappa shape index (κ1) is 13.6. The summed E-state index contributed by atoms with van der Waals surface area (Å²) in [6.07, 6.45) is 5.24. The van der Waals surface area contributed by atoms with Crippen LogP contribution in [0, 0.1) is 0 Å². The van der Waals surface area contributed by atoms with Crippen LogP contribution in [0.25, 0.3) is 11.6 Å². The molecule has 0 radical (unpaired) electrons. The third-order valence-corrected chi connectivity index (χ3v) is 3.85. The molecule has 106 valence electrons. The molecule has 0 saturated carbocycles. The first-order chi connectivity index (χ1) is 10.4. The zero-order chi connectivity index (χ0) is 14.5. The van der Waals surface area contributed by atoms with Gasteiger partial charge in [0, 0.05) is 18.5 Å². The molecule has 0 aliphatic heterocycles. The standard InChI is InChI=1S/C15H14N4OS/c1-2-9-19-14(13-7-5-10-20-13)17-18-15(19)21-11-12-6-3-4-8-16-12/h2-8,10H,1,9,11H2. The van der Waals surface area contributed by atoms with Crippen molar-refractivity contribution in [2.45, 2.75) is 17.5 Å². The van der Waals surface area contributed by atoms with E-state index in [1.807, 2.05) is 41.0 Å². The Labute approximate surface area is 126 Å². The minimum atomic E-state index is 0.633. The molecule has 0 aromatic carbocycles. The van der Waals surface area contributed by atoms with E-state index in [2.05, 4.69) is 21.8 Å². The molecule has 0 amide bonds. The summed E-state index contributed by atoms with van der Waals surface area (Å²) in [5, 5.41) is 9.29. The lowest BCUT2D eigenvalue weighted by Crippen LogP contribution is -2.00. The van der Waals surface area contributed by atoms with Gasteiger partial charge in [0.25, 0.3) is 0 Å². The fourth-order valence-corrected chi connectivity index (χ4v) is 2.76. The molecular formula is C15H14N4OS. The highest BCUT2D eigenvalue weighted by molar-refractivity contribution is 7.98.